The van der Waals surface area contributed by atoms with Crippen molar-refractivity contribution in [2.75, 3.05) is 6.79 Å². The first kappa shape index (κ1) is 20.3. The summed E-state index contributed by atoms with van der Waals surface area (Å²) in [4.78, 5) is 19.5. The maximum atomic E-state index is 13.0. The van der Waals surface area contributed by atoms with Gasteiger partial charge in [0.2, 0.25) is 12.6 Å². The summed E-state index contributed by atoms with van der Waals surface area (Å²) in [6, 6.07) is 11.0. The molecule has 3 heterocycles. The van der Waals surface area contributed by atoms with Crippen molar-refractivity contribution in [3.8, 4) is 45.6 Å². The Hall–Kier alpha value is -3.60. The van der Waals surface area contributed by atoms with Crippen LogP contribution in [0.25, 0.3) is 34.1 Å². The molecule has 0 unspecified atom stereocenters. The van der Waals surface area contributed by atoms with Crippen LogP contribution in [0.2, 0.25) is 0 Å². The highest BCUT2D eigenvalue weighted by Gasteiger charge is 2.30. The summed E-state index contributed by atoms with van der Waals surface area (Å²) in [5.74, 6) is 1.26. The second-order valence-corrected chi connectivity index (χ2v) is 7.66. The Bertz CT molecular complexity index is 1400. The van der Waals surface area contributed by atoms with E-state index < -0.39 is 17.3 Å². The van der Waals surface area contributed by atoms with Gasteiger partial charge in [0.25, 0.3) is 11.4 Å². The van der Waals surface area contributed by atoms with Crippen LogP contribution in [0.15, 0.2) is 62.3 Å². The maximum Gasteiger partial charge on any atom is 0.416 e. The lowest BCUT2D eigenvalue weighted by Crippen LogP contribution is -2.10. The van der Waals surface area contributed by atoms with Crippen molar-refractivity contribution in [2.45, 2.75) is 6.18 Å². The molecule has 1 aliphatic heterocycles. The molecule has 0 amide bonds. The lowest BCUT2D eigenvalue weighted by Gasteiger charge is -2.09. The molecule has 7 nitrogen and oxygen atoms in total. The molecule has 5 rings (SSSR count). The third-order valence-electron chi connectivity index (χ3n) is 4.77. The largest absolute Gasteiger partial charge is 0.454 e. The number of aromatic nitrogens is 3. The first-order valence-corrected chi connectivity index (χ1v) is 9.93. The third-order valence-corrected chi connectivity index (χ3v) is 5.43. The van der Waals surface area contributed by atoms with E-state index in [2.05, 4.69) is 31.1 Å². The number of hydrogen-bond donors (Lipinski definition) is 1. The van der Waals surface area contributed by atoms with Gasteiger partial charge in [-0.1, -0.05) is 17.3 Å². The zero-order valence-electron chi connectivity index (χ0n) is 15.9. The van der Waals surface area contributed by atoms with Crippen molar-refractivity contribution in [3.05, 3.63) is 68.9 Å². The summed E-state index contributed by atoms with van der Waals surface area (Å²) in [7, 11) is 0. The minimum absolute atomic E-state index is 0.0291. The number of nitrogens with zero attached hydrogens (tertiary/aromatic N) is 2. The molecule has 0 spiro atoms. The van der Waals surface area contributed by atoms with Gasteiger partial charge in [0.05, 0.1) is 16.7 Å². The number of hydrogen-bond acceptors (Lipinski definition) is 6. The molecule has 0 saturated heterocycles. The molecule has 0 atom stereocenters. The average molecular weight is 506 g/mol. The SMILES string of the molecule is O=c1[nH]c(-c2cccc(C(F)(F)F)c2)ccc1-c1noc(-c2cc3c(cc2Br)OCO3)n1. The van der Waals surface area contributed by atoms with Gasteiger partial charge in [-0.3, -0.25) is 4.79 Å². The van der Waals surface area contributed by atoms with Gasteiger partial charge in [-0.25, -0.2) is 0 Å². The number of rotatable bonds is 3. The minimum atomic E-state index is -4.49. The van der Waals surface area contributed by atoms with Crippen LogP contribution in [0.1, 0.15) is 5.56 Å². The molecule has 2 aromatic carbocycles. The van der Waals surface area contributed by atoms with E-state index in [1.807, 2.05) is 0 Å². The van der Waals surface area contributed by atoms with Gasteiger partial charge in [0.15, 0.2) is 11.5 Å². The van der Waals surface area contributed by atoms with E-state index in [4.69, 9.17) is 14.0 Å². The maximum absolute atomic E-state index is 13.0. The highest BCUT2D eigenvalue weighted by Crippen LogP contribution is 2.41. The second-order valence-electron chi connectivity index (χ2n) is 6.80. The zero-order valence-corrected chi connectivity index (χ0v) is 17.5. The van der Waals surface area contributed by atoms with Gasteiger partial charge in [0, 0.05) is 10.2 Å². The number of halogens is 4. The van der Waals surface area contributed by atoms with E-state index in [1.54, 1.807) is 12.1 Å². The summed E-state index contributed by atoms with van der Waals surface area (Å²) >= 11 is 3.41. The predicted octanol–water partition coefficient (Wildman–Crippen LogP) is 5.27. The summed E-state index contributed by atoms with van der Waals surface area (Å²) in [5, 5.41) is 3.86. The molecule has 1 aliphatic rings. The molecule has 32 heavy (non-hydrogen) atoms. The molecule has 1 N–H and O–H groups in total. The van der Waals surface area contributed by atoms with Crippen LogP contribution in [0.3, 0.4) is 0 Å². The van der Waals surface area contributed by atoms with E-state index in [0.717, 1.165) is 12.1 Å². The van der Waals surface area contributed by atoms with Crippen LogP contribution < -0.4 is 15.0 Å². The lowest BCUT2D eigenvalue weighted by atomic mass is 10.1. The predicted molar refractivity (Wildman–Crippen MR) is 110 cm³/mol. The van der Waals surface area contributed by atoms with Gasteiger partial charge in [-0.05, 0) is 57.9 Å². The van der Waals surface area contributed by atoms with Gasteiger partial charge < -0.3 is 19.0 Å². The van der Waals surface area contributed by atoms with Crippen LogP contribution in [-0.2, 0) is 6.18 Å². The molecule has 0 bridgehead atoms. The molecular formula is C21H11BrF3N3O4. The smallest absolute Gasteiger partial charge is 0.416 e. The van der Waals surface area contributed by atoms with E-state index in [9.17, 15) is 18.0 Å². The molecule has 11 heteroatoms. The number of fused-ring (bicyclic) bond motifs is 1. The van der Waals surface area contributed by atoms with Crippen LogP contribution in [0.4, 0.5) is 13.2 Å². The lowest BCUT2D eigenvalue weighted by molar-refractivity contribution is -0.137. The normalized spacial score (nSPS) is 12.9. The number of nitrogens with one attached hydrogen (secondary N) is 1. The van der Waals surface area contributed by atoms with Crippen molar-refractivity contribution in [2.24, 2.45) is 0 Å². The molecule has 0 fully saturated rings. The minimum Gasteiger partial charge on any atom is -0.454 e. The van der Waals surface area contributed by atoms with Gasteiger partial charge in [-0.2, -0.15) is 18.2 Å². The van der Waals surface area contributed by atoms with Gasteiger partial charge in [0.1, 0.15) is 0 Å². The molecule has 0 saturated carbocycles. The monoisotopic (exact) mass is 505 g/mol. The number of aromatic amines is 1. The number of alkyl halides is 3. The van der Waals surface area contributed by atoms with Crippen LogP contribution in [0.5, 0.6) is 11.5 Å². The molecular weight excluding hydrogens is 495 g/mol. The van der Waals surface area contributed by atoms with Crippen LogP contribution in [-0.4, -0.2) is 21.9 Å². The van der Waals surface area contributed by atoms with E-state index in [-0.39, 0.29) is 35.3 Å². The summed E-state index contributed by atoms with van der Waals surface area (Å²) in [6.45, 7) is 0.105. The van der Waals surface area contributed by atoms with E-state index in [0.29, 0.717) is 21.5 Å². The van der Waals surface area contributed by atoms with Crippen molar-refractivity contribution in [3.63, 3.8) is 0 Å². The van der Waals surface area contributed by atoms with E-state index >= 15 is 0 Å². The Balaban J connectivity index is 1.48. The highest BCUT2D eigenvalue weighted by atomic mass is 79.9. The molecule has 2 aromatic heterocycles. The topological polar surface area (TPSA) is 90.2 Å². The molecule has 4 aromatic rings. The first-order valence-electron chi connectivity index (χ1n) is 9.14. The zero-order chi connectivity index (χ0) is 22.5. The Morgan fingerprint density at radius 1 is 1.00 bits per heavy atom. The fourth-order valence-corrected chi connectivity index (χ4v) is 3.70. The van der Waals surface area contributed by atoms with E-state index in [1.165, 1.54) is 24.3 Å². The van der Waals surface area contributed by atoms with Crippen molar-refractivity contribution >= 4 is 15.9 Å². The van der Waals surface area contributed by atoms with Crippen molar-refractivity contribution < 1.29 is 27.2 Å². The summed E-state index contributed by atoms with van der Waals surface area (Å²) in [5.41, 5.74) is -0.277. The number of pyridine rings is 1. The number of H-pyrrole nitrogens is 1. The highest BCUT2D eigenvalue weighted by molar-refractivity contribution is 9.10. The van der Waals surface area contributed by atoms with Crippen molar-refractivity contribution in [1.29, 1.82) is 0 Å². The molecule has 0 radical (unpaired) electrons. The Labute approximate surface area is 185 Å². The Morgan fingerprint density at radius 3 is 2.53 bits per heavy atom. The quantitative estimate of drug-likeness (QED) is 0.408. The second kappa shape index (κ2) is 7.52. The fourth-order valence-electron chi connectivity index (χ4n) is 3.20. The Morgan fingerprint density at radius 2 is 1.78 bits per heavy atom. The molecule has 0 aliphatic carbocycles. The summed E-state index contributed by atoms with van der Waals surface area (Å²) < 4.78 is 55.5. The summed E-state index contributed by atoms with van der Waals surface area (Å²) in [6.07, 6.45) is -4.49. The Kier molecular flexibility index (Phi) is 4.77. The van der Waals surface area contributed by atoms with Gasteiger partial charge >= 0.3 is 6.18 Å². The van der Waals surface area contributed by atoms with Crippen LogP contribution >= 0.6 is 15.9 Å². The van der Waals surface area contributed by atoms with Crippen LogP contribution in [0, 0.1) is 0 Å². The van der Waals surface area contributed by atoms with Gasteiger partial charge in [-0.15, -0.1) is 0 Å². The number of ether oxygens (including phenoxy) is 2. The fraction of sp³-hybridized carbons (Fsp3) is 0.0952. The standard InChI is InChI=1S/C21H11BrF3N3O4/c22-14-8-17-16(30-9-31-17)7-13(14)20-27-18(28-32-20)12-4-5-15(26-19(12)29)10-2-1-3-11(6-10)21(23,24)25/h1-8H,9H2,(H,26,29). The molecule has 162 valence electrons. The average Bonchev–Trinajstić information content (AvgIpc) is 3.41. The van der Waals surface area contributed by atoms with Crippen molar-refractivity contribution in [1.82, 2.24) is 15.1 Å². The number of benzene rings is 2. The third kappa shape index (κ3) is 3.64. The first-order chi connectivity index (χ1) is 15.3.